The molecule has 0 aliphatic rings. The molecule has 0 aliphatic carbocycles. The minimum Gasteiger partial charge on any atom is -0.309 e. The third-order valence-corrected chi connectivity index (χ3v) is 8.84. The van der Waals surface area contributed by atoms with Crippen molar-refractivity contribution in [3.8, 4) is 45.1 Å². The number of nitrogens with zero attached hydrogens (tertiary/aromatic N) is 3. The molecule has 0 unspecified atom stereocenters. The first kappa shape index (κ1) is 27.4. The highest BCUT2D eigenvalue weighted by Gasteiger charge is 2.19. The Hall–Kier alpha value is -5.46. The maximum atomic E-state index is 10.3. The van der Waals surface area contributed by atoms with E-state index >= 15 is 0 Å². The minimum absolute atomic E-state index is 0.644. The Morgan fingerprint density at radius 2 is 1.07 bits per heavy atom. The largest absolute Gasteiger partial charge is 0.309 e. The summed E-state index contributed by atoms with van der Waals surface area (Å²) in [7, 11) is 0. The van der Waals surface area contributed by atoms with Crippen LogP contribution in [0.5, 0.6) is 0 Å². The SMILES string of the molecule is Cc1ccc(-c2ccc3c(c2)c2cc(-c4ccc(C)cc4C)ccc2n3-c2cc(C#N)c(-c3ccncc3)cc2C)c(C)c1. The molecule has 5 aromatic carbocycles. The topological polar surface area (TPSA) is 41.6 Å². The summed E-state index contributed by atoms with van der Waals surface area (Å²) in [5.41, 5.74) is 16.9. The van der Waals surface area contributed by atoms with Gasteiger partial charge in [-0.25, -0.2) is 0 Å². The standard InChI is InChI=1S/C41H33N3/c1-25-6-10-34(27(3)18-25)31-8-12-39-37(21-31)38-22-32(35-11-7-26(2)19-28(35)4)9-13-40(38)44(39)41-23-33(24-42)36(20-29(41)5)30-14-16-43-17-15-30/h6-23H,1-5H3. The number of aromatic nitrogens is 2. The van der Waals surface area contributed by atoms with E-state index < -0.39 is 0 Å². The predicted octanol–water partition coefficient (Wildman–Crippen LogP) is 10.6. The molecule has 0 radical (unpaired) electrons. The first-order chi connectivity index (χ1) is 21.3. The molecule has 3 heteroatoms. The monoisotopic (exact) mass is 567 g/mol. The first-order valence-electron chi connectivity index (χ1n) is 15.0. The van der Waals surface area contributed by atoms with E-state index in [-0.39, 0.29) is 0 Å². The maximum absolute atomic E-state index is 10.3. The Bertz CT molecular complexity index is 2170. The third-order valence-electron chi connectivity index (χ3n) is 8.84. The quantitative estimate of drug-likeness (QED) is 0.212. The molecule has 3 nitrogen and oxygen atoms in total. The molecular formula is C41H33N3. The molecule has 7 aromatic rings. The molecule has 0 atom stereocenters. The zero-order chi connectivity index (χ0) is 30.5. The molecule has 0 bridgehead atoms. The number of fused-ring (bicyclic) bond motifs is 3. The van der Waals surface area contributed by atoms with Crippen molar-refractivity contribution < 1.29 is 0 Å². The maximum Gasteiger partial charge on any atom is 0.0998 e. The molecule has 0 N–H and O–H groups in total. The van der Waals surface area contributed by atoms with Crippen LogP contribution in [-0.4, -0.2) is 9.55 Å². The van der Waals surface area contributed by atoms with Crippen LogP contribution in [-0.2, 0) is 0 Å². The number of aryl methyl sites for hydroxylation is 5. The summed E-state index contributed by atoms with van der Waals surface area (Å²) in [6.45, 7) is 10.8. The first-order valence-corrected chi connectivity index (χ1v) is 15.0. The van der Waals surface area contributed by atoms with Crippen LogP contribution in [0.4, 0.5) is 0 Å². The Kier molecular flexibility index (Phi) is 6.64. The Morgan fingerprint density at radius 3 is 1.57 bits per heavy atom. The van der Waals surface area contributed by atoms with E-state index in [1.807, 2.05) is 18.2 Å². The molecule has 0 saturated heterocycles. The van der Waals surface area contributed by atoms with Crippen molar-refractivity contribution in [1.29, 1.82) is 5.26 Å². The second kappa shape index (κ2) is 10.7. The molecule has 44 heavy (non-hydrogen) atoms. The predicted molar refractivity (Wildman–Crippen MR) is 183 cm³/mol. The van der Waals surface area contributed by atoms with Gasteiger partial charge < -0.3 is 4.57 Å². The van der Waals surface area contributed by atoms with Gasteiger partial charge in [0.25, 0.3) is 0 Å². The summed E-state index contributed by atoms with van der Waals surface area (Å²) in [5.74, 6) is 0. The van der Waals surface area contributed by atoms with Gasteiger partial charge in [0.05, 0.1) is 28.4 Å². The second-order valence-corrected chi connectivity index (χ2v) is 12.0. The zero-order valence-electron chi connectivity index (χ0n) is 25.7. The van der Waals surface area contributed by atoms with Crippen molar-refractivity contribution in [3.63, 3.8) is 0 Å². The number of nitriles is 1. The summed E-state index contributed by atoms with van der Waals surface area (Å²) >= 11 is 0. The van der Waals surface area contributed by atoms with Gasteiger partial charge >= 0.3 is 0 Å². The van der Waals surface area contributed by atoms with E-state index in [0.717, 1.165) is 33.4 Å². The summed E-state index contributed by atoms with van der Waals surface area (Å²) in [4.78, 5) is 4.17. The van der Waals surface area contributed by atoms with E-state index in [4.69, 9.17) is 0 Å². The van der Waals surface area contributed by atoms with Crippen molar-refractivity contribution in [2.45, 2.75) is 34.6 Å². The van der Waals surface area contributed by atoms with Gasteiger partial charge in [0.15, 0.2) is 0 Å². The molecule has 7 rings (SSSR count). The lowest BCUT2D eigenvalue weighted by molar-refractivity contribution is 1.15. The Labute approximate surface area is 258 Å². The number of hydrogen-bond donors (Lipinski definition) is 0. The summed E-state index contributed by atoms with van der Waals surface area (Å²) in [6, 6.07) is 37.5. The average molecular weight is 568 g/mol. The van der Waals surface area contributed by atoms with Gasteiger partial charge in [0.1, 0.15) is 0 Å². The van der Waals surface area contributed by atoms with E-state index in [9.17, 15) is 5.26 Å². The molecule has 0 fully saturated rings. The van der Waals surface area contributed by atoms with Gasteiger partial charge in [-0.15, -0.1) is 0 Å². The van der Waals surface area contributed by atoms with Crippen LogP contribution < -0.4 is 0 Å². The lowest BCUT2D eigenvalue weighted by Crippen LogP contribution is -2.00. The van der Waals surface area contributed by atoms with Crippen LogP contribution in [0.15, 0.2) is 109 Å². The van der Waals surface area contributed by atoms with Crippen LogP contribution in [0.1, 0.15) is 33.4 Å². The fourth-order valence-electron chi connectivity index (χ4n) is 6.69. The molecular weight excluding hydrogens is 534 g/mol. The molecule has 0 amide bonds. The van der Waals surface area contributed by atoms with Crippen molar-refractivity contribution >= 4 is 21.8 Å². The Morgan fingerprint density at radius 1 is 0.523 bits per heavy atom. The van der Waals surface area contributed by atoms with Crippen LogP contribution >= 0.6 is 0 Å². The summed E-state index contributed by atoms with van der Waals surface area (Å²) < 4.78 is 2.33. The van der Waals surface area contributed by atoms with Crippen molar-refractivity contribution in [2.24, 2.45) is 0 Å². The highest BCUT2D eigenvalue weighted by molar-refractivity contribution is 6.12. The highest BCUT2D eigenvalue weighted by Crippen LogP contribution is 2.40. The third kappa shape index (κ3) is 4.57. The van der Waals surface area contributed by atoms with Crippen LogP contribution in [0.25, 0.3) is 60.9 Å². The van der Waals surface area contributed by atoms with E-state index in [2.05, 4.69) is 129 Å². The summed E-state index contributed by atoms with van der Waals surface area (Å²) in [5, 5.41) is 12.6. The van der Waals surface area contributed by atoms with Gasteiger partial charge in [-0.3, -0.25) is 4.98 Å². The number of rotatable bonds is 4. The van der Waals surface area contributed by atoms with Gasteiger partial charge in [-0.1, -0.05) is 59.7 Å². The van der Waals surface area contributed by atoms with E-state index in [0.29, 0.717) is 5.56 Å². The number of pyridine rings is 1. The highest BCUT2D eigenvalue weighted by atomic mass is 15.0. The van der Waals surface area contributed by atoms with E-state index in [1.54, 1.807) is 12.4 Å². The Balaban J connectivity index is 1.52. The van der Waals surface area contributed by atoms with Crippen molar-refractivity contribution in [3.05, 3.63) is 143 Å². The van der Waals surface area contributed by atoms with Crippen LogP contribution in [0.3, 0.4) is 0 Å². The van der Waals surface area contributed by atoms with Crippen molar-refractivity contribution in [2.75, 3.05) is 0 Å². The fraction of sp³-hybridized carbons (Fsp3) is 0.122. The number of hydrogen-bond acceptors (Lipinski definition) is 2. The van der Waals surface area contributed by atoms with Crippen LogP contribution in [0.2, 0.25) is 0 Å². The van der Waals surface area contributed by atoms with Crippen LogP contribution in [0, 0.1) is 45.9 Å². The molecule has 2 heterocycles. The van der Waals surface area contributed by atoms with Crippen molar-refractivity contribution in [1.82, 2.24) is 9.55 Å². The molecule has 0 aliphatic heterocycles. The van der Waals surface area contributed by atoms with Gasteiger partial charge in [0.2, 0.25) is 0 Å². The minimum atomic E-state index is 0.644. The average Bonchev–Trinajstić information content (AvgIpc) is 3.34. The lowest BCUT2D eigenvalue weighted by atomic mass is 9.95. The molecule has 0 spiro atoms. The molecule has 0 saturated carbocycles. The molecule has 2 aromatic heterocycles. The fourth-order valence-corrected chi connectivity index (χ4v) is 6.69. The zero-order valence-corrected chi connectivity index (χ0v) is 25.7. The van der Waals surface area contributed by atoms with Gasteiger partial charge in [-0.05, 0) is 133 Å². The van der Waals surface area contributed by atoms with E-state index in [1.165, 1.54) is 55.3 Å². The second-order valence-electron chi connectivity index (χ2n) is 12.0. The van der Waals surface area contributed by atoms with Gasteiger partial charge in [-0.2, -0.15) is 5.26 Å². The summed E-state index contributed by atoms with van der Waals surface area (Å²) in [6.07, 6.45) is 3.54. The molecule has 212 valence electrons. The normalized spacial score (nSPS) is 11.3. The van der Waals surface area contributed by atoms with Gasteiger partial charge in [0, 0.05) is 23.2 Å². The number of benzene rings is 5. The smallest absolute Gasteiger partial charge is 0.0998 e. The lowest BCUT2D eigenvalue weighted by Gasteiger charge is -2.15.